The van der Waals surface area contributed by atoms with E-state index in [1.165, 1.54) is 18.3 Å². The first-order chi connectivity index (χ1) is 13.6. The molecule has 0 spiro atoms. The van der Waals surface area contributed by atoms with Crippen LogP contribution < -0.4 is 10.5 Å². The number of hydrogen-bond acceptors (Lipinski definition) is 5. The molecule has 11 heteroatoms. The maximum absolute atomic E-state index is 12.9. The van der Waals surface area contributed by atoms with E-state index in [9.17, 15) is 26.4 Å². The highest BCUT2D eigenvalue weighted by atomic mass is 32.2. The van der Waals surface area contributed by atoms with E-state index in [2.05, 4.69) is 4.98 Å². The smallest absolute Gasteiger partial charge is 0.416 e. The largest absolute Gasteiger partial charge is 0.489 e. The standard InChI is InChI=1S/C18H18F3N3O4S/c19-18(20,21)12-3-1-5-15(9-12)29(26,27)24-8-2-4-14(11-24)28-13-6-7-23-16(10-13)17(22)25/h1,3,5-7,9-10,14H,2,4,8,11H2,(H2,22,25). The highest BCUT2D eigenvalue weighted by Gasteiger charge is 2.35. The number of pyridine rings is 1. The summed E-state index contributed by atoms with van der Waals surface area (Å²) >= 11 is 0. The second-order valence-electron chi connectivity index (χ2n) is 6.51. The van der Waals surface area contributed by atoms with E-state index in [0.29, 0.717) is 24.7 Å². The number of piperidine rings is 1. The van der Waals surface area contributed by atoms with Crippen LogP contribution in [0.2, 0.25) is 0 Å². The van der Waals surface area contributed by atoms with Crippen LogP contribution in [-0.4, -0.2) is 42.8 Å². The minimum atomic E-state index is -4.64. The maximum Gasteiger partial charge on any atom is 0.416 e. The number of alkyl halides is 3. The summed E-state index contributed by atoms with van der Waals surface area (Å²) in [6.45, 7) is 0.133. The molecule has 1 fully saturated rings. The summed E-state index contributed by atoms with van der Waals surface area (Å²) in [5, 5.41) is 0. The second-order valence-corrected chi connectivity index (χ2v) is 8.45. The number of primary amides is 1. The molecule has 156 valence electrons. The van der Waals surface area contributed by atoms with Crippen molar-refractivity contribution < 1.29 is 31.1 Å². The monoisotopic (exact) mass is 429 g/mol. The molecule has 0 radical (unpaired) electrons. The molecule has 0 saturated carbocycles. The van der Waals surface area contributed by atoms with E-state index in [-0.39, 0.29) is 18.8 Å². The van der Waals surface area contributed by atoms with Crippen LogP contribution in [0.3, 0.4) is 0 Å². The number of nitrogens with two attached hydrogens (primary N) is 1. The Morgan fingerprint density at radius 3 is 2.69 bits per heavy atom. The van der Waals surface area contributed by atoms with Crippen molar-refractivity contribution in [1.29, 1.82) is 0 Å². The third kappa shape index (κ3) is 4.85. The summed E-state index contributed by atoms with van der Waals surface area (Å²) in [7, 11) is -4.12. The van der Waals surface area contributed by atoms with Crippen molar-refractivity contribution in [3.05, 3.63) is 53.9 Å². The molecule has 29 heavy (non-hydrogen) atoms. The number of rotatable bonds is 5. The summed E-state index contributed by atoms with van der Waals surface area (Å²) in [6.07, 6.45) is -2.82. The fourth-order valence-corrected chi connectivity index (χ4v) is 4.57. The molecule has 1 aliphatic rings. The van der Waals surface area contributed by atoms with Gasteiger partial charge in [-0.1, -0.05) is 6.07 Å². The molecule has 2 N–H and O–H groups in total. The van der Waals surface area contributed by atoms with Gasteiger partial charge in [0.15, 0.2) is 0 Å². The molecule has 0 bridgehead atoms. The zero-order valence-electron chi connectivity index (χ0n) is 15.1. The topological polar surface area (TPSA) is 103 Å². The van der Waals surface area contributed by atoms with Crippen molar-refractivity contribution in [3.8, 4) is 5.75 Å². The quantitative estimate of drug-likeness (QED) is 0.787. The summed E-state index contributed by atoms with van der Waals surface area (Å²) in [4.78, 5) is 14.6. The Kier molecular flexibility index (Phi) is 5.80. The van der Waals surface area contributed by atoms with Crippen molar-refractivity contribution in [2.75, 3.05) is 13.1 Å². The first-order valence-electron chi connectivity index (χ1n) is 8.67. The van der Waals surface area contributed by atoms with Crippen molar-refractivity contribution in [1.82, 2.24) is 9.29 Å². The van der Waals surface area contributed by atoms with Crippen molar-refractivity contribution in [2.45, 2.75) is 30.0 Å². The van der Waals surface area contributed by atoms with E-state index >= 15 is 0 Å². The molecular formula is C18H18F3N3O4S. The van der Waals surface area contributed by atoms with Gasteiger partial charge in [0.05, 0.1) is 17.0 Å². The van der Waals surface area contributed by atoms with Gasteiger partial charge in [0, 0.05) is 18.8 Å². The van der Waals surface area contributed by atoms with Gasteiger partial charge in [-0.05, 0) is 37.1 Å². The first kappa shape index (κ1) is 21.1. The lowest BCUT2D eigenvalue weighted by molar-refractivity contribution is -0.137. The van der Waals surface area contributed by atoms with Crippen LogP contribution in [0.25, 0.3) is 0 Å². The molecule has 1 unspecified atom stereocenters. The lowest BCUT2D eigenvalue weighted by Crippen LogP contribution is -2.44. The SMILES string of the molecule is NC(=O)c1cc(OC2CCCN(S(=O)(=O)c3cccc(C(F)(F)F)c3)C2)ccn1. The summed E-state index contributed by atoms with van der Waals surface area (Å²) < 4.78 is 71.3. The van der Waals surface area contributed by atoms with Crippen molar-refractivity contribution in [2.24, 2.45) is 5.73 Å². The first-order valence-corrected chi connectivity index (χ1v) is 10.1. The number of benzene rings is 1. The van der Waals surface area contributed by atoms with Crippen LogP contribution in [0, 0.1) is 0 Å². The third-order valence-corrected chi connectivity index (χ3v) is 6.29. The van der Waals surface area contributed by atoms with Crippen LogP contribution >= 0.6 is 0 Å². The van der Waals surface area contributed by atoms with Gasteiger partial charge >= 0.3 is 6.18 Å². The molecule has 1 saturated heterocycles. The van der Waals surface area contributed by atoms with E-state index in [1.807, 2.05) is 0 Å². The van der Waals surface area contributed by atoms with E-state index < -0.39 is 38.7 Å². The Labute approximate surface area is 165 Å². The van der Waals surface area contributed by atoms with Crippen molar-refractivity contribution >= 4 is 15.9 Å². The Hall–Kier alpha value is -2.66. The molecule has 0 aliphatic carbocycles. The van der Waals surface area contributed by atoms with Gasteiger partial charge in [0.1, 0.15) is 17.5 Å². The van der Waals surface area contributed by atoms with Gasteiger partial charge in [-0.25, -0.2) is 8.42 Å². The molecule has 3 rings (SSSR count). The van der Waals surface area contributed by atoms with Gasteiger partial charge in [-0.15, -0.1) is 0 Å². The molecule has 1 aromatic heterocycles. The Morgan fingerprint density at radius 2 is 2.00 bits per heavy atom. The number of sulfonamides is 1. The predicted octanol–water partition coefficient (Wildman–Crippen LogP) is 2.43. The Bertz CT molecular complexity index is 1010. The summed E-state index contributed by atoms with van der Waals surface area (Å²) in [5.74, 6) is -0.426. The van der Waals surface area contributed by atoms with Gasteiger partial charge in [0.25, 0.3) is 5.91 Å². The Balaban J connectivity index is 1.78. The number of amides is 1. The number of carbonyl (C=O) groups excluding carboxylic acids is 1. The minimum Gasteiger partial charge on any atom is -0.489 e. The fourth-order valence-electron chi connectivity index (χ4n) is 3.01. The number of aromatic nitrogens is 1. The number of ether oxygens (including phenoxy) is 1. The number of halogens is 3. The number of hydrogen-bond donors (Lipinski definition) is 1. The molecule has 2 heterocycles. The van der Waals surface area contributed by atoms with Crippen LogP contribution in [0.4, 0.5) is 13.2 Å². The van der Waals surface area contributed by atoms with Crippen LogP contribution in [0.5, 0.6) is 5.75 Å². The average Bonchev–Trinajstić information content (AvgIpc) is 2.68. The van der Waals surface area contributed by atoms with E-state index in [1.54, 1.807) is 0 Å². The molecule has 1 atom stereocenters. The van der Waals surface area contributed by atoms with Crippen LogP contribution in [0.15, 0.2) is 47.5 Å². The van der Waals surface area contributed by atoms with Crippen molar-refractivity contribution in [3.63, 3.8) is 0 Å². The fraction of sp³-hybridized carbons (Fsp3) is 0.333. The molecule has 2 aromatic rings. The van der Waals surface area contributed by atoms with Crippen LogP contribution in [-0.2, 0) is 16.2 Å². The average molecular weight is 429 g/mol. The van der Waals surface area contributed by atoms with Crippen LogP contribution in [0.1, 0.15) is 28.9 Å². The lowest BCUT2D eigenvalue weighted by atomic mass is 10.1. The van der Waals surface area contributed by atoms with Gasteiger partial charge in [-0.3, -0.25) is 9.78 Å². The molecular weight excluding hydrogens is 411 g/mol. The zero-order chi connectivity index (χ0) is 21.2. The third-order valence-electron chi connectivity index (χ3n) is 4.43. The number of nitrogens with zero attached hydrogens (tertiary/aromatic N) is 2. The minimum absolute atomic E-state index is 0.00625. The van der Waals surface area contributed by atoms with E-state index in [0.717, 1.165) is 22.5 Å². The summed E-state index contributed by atoms with van der Waals surface area (Å²) in [6, 6.07) is 6.50. The van der Waals surface area contributed by atoms with Gasteiger partial charge < -0.3 is 10.5 Å². The predicted molar refractivity (Wildman–Crippen MR) is 96.6 cm³/mol. The van der Waals surface area contributed by atoms with Gasteiger partial charge in [0.2, 0.25) is 10.0 Å². The zero-order valence-corrected chi connectivity index (χ0v) is 15.9. The highest BCUT2D eigenvalue weighted by molar-refractivity contribution is 7.89. The van der Waals surface area contributed by atoms with Gasteiger partial charge in [-0.2, -0.15) is 17.5 Å². The normalized spacial score (nSPS) is 18.4. The maximum atomic E-state index is 12.9. The lowest BCUT2D eigenvalue weighted by Gasteiger charge is -2.32. The number of carbonyl (C=O) groups is 1. The van der Waals surface area contributed by atoms with E-state index in [4.69, 9.17) is 10.5 Å². The second kappa shape index (κ2) is 7.99. The molecule has 1 aliphatic heterocycles. The molecule has 1 aromatic carbocycles. The Morgan fingerprint density at radius 1 is 1.24 bits per heavy atom. The highest BCUT2D eigenvalue weighted by Crippen LogP contribution is 2.32. The molecule has 1 amide bonds. The molecule has 7 nitrogen and oxygen atoms in total. The summed E-state index contributed by atoms with van der Waals surface area (Å²) in [5.41, 5.74) is 4.16.